The van der Waals surface area contributed by atoms with E-state index in [4.69, 9.17) is 5.11 Å². The Balaban J connectivity index is 2.03. The fourth-order valence-corrected chi connectivity index (χ4v) is 4.22. The van der Waals surface area contributed by atoms with Crippen LogP contribution in [0, 0.1) is 0 Å². The van der Waals surface area contributed by atoms with E-state index in [0.29, 0.717) is 15.3 Å². The summed E-state index contributed by atoms with van der Waals surface area (Å²) < 4.78 is 63.5. The third kappa shape index (κ3) is 4.23. The second kappa shape index (κ2) is 7.10. The van der Waals surface area contributed by atoms with Gasteiger partial charge in [0.2, 0.25) is 0 Å². The first-order valence-corrected chi connectivity index (χ1v) is 10.5. The number of rotatable bonds is 5. The molecule has 0 atom stereocenters. The Labute approximate surface area is 157 Å². The highest BCUT2D eigenvalue weighted by Gasteiger charge is 2.35. The molecule has 1 aromatic carbocycles. The highest BCUT2D eigenvalue weighted by Crippen LogP contribution is 2.37. The topological polar surface area (TPSA) is 72.2 Å². The van der Waals surface area contributed by atoms with Gasteiger partial charge in [-0.15, -0.1) is 11.3 Å². The van der Waals surface area contributed by atoms with Crippen LogP contribution in [0.1, 0.15) is 5.69 Å². The number of hydrogen-bond acceptors (Lipinski definition) is 5. The maximum Gasteiger partial charge on any atom is 0.435 e. The van der Waals surface area contributed by atoms with Crippen LogP contribution in [0.4, 0.5) is 13.2 Å². The quantitative estimate of drug-likeness (QED) is 0.689. The van der Waals surface area contributed by atoms with E-state index in [2.05, 4.69) is 5.10 Å². The molecule has 5 nitrogen and oxygen atoms in total. The number of hydrogen-bond donors (Lipinski definition) is 1. The second-order valence-corrected chi connectivity index (χ2v) is 8.92. The Morgan fingerprint density at radius 3 is 2.48 bits per heavy atom. The minimum absolute atomic E-state index is 0.0673. The number of nitrogens with zero attached hydrogens (tertiary/aromatic N) is 2. The summed E-state index contributed by atoms with van der Waals surface area (Å²) in [5.74, 6) is 0. The average molecular weight is 416 g/mol. The molecule has 0 aliphatic carbocycles. The lowest BCUT2D eigenvalue weighted by Gasteiger charge is -2.04. The van der Waals surface area contributed by atoms with E-state index in [-0.39, 0.29) is 23.7 Å². The Morgan fingerprint density at radius 2 is 1.85 bits per heavy atom. The Hall–Kier alpha value is -2.17. The van der Waals surface area contributed by atoms with Gasteiger partial charge in [0, 0.05) is 11.1 Å². The van der Waals surface area contributed by atoms with Crippen LogP contribution < -0.4 is 0 Å². The summed E-state index contributed by atoms with van der Waals surface area (Å²) in [7, 11) is -3.37. The summed E-state index contributed by atoms with van der Waals surface area (Å²) in [6, 6.07) is 10.7. The van der Waals surface area contributed by atoms with Gasteiger partial charge >= 0.3 is 6.18 Å². The standard InChI is InChI=1S/C17H15F3N2O3S2/c1-27(24,25)12-4-2-3-11(9-12)14-5-6-15(26-14)13-10-16(17(18,19)20)21-22(13)7-8-23/h2-6,9-10,23H,7-8H2,1H3. The van der Waals surface area contributed by atoms with Gasteiger partial charge in [-0.2, -0.15) is 18.3 Å². The zero-order valence-electron chi connectivity index (χ0n) is 14.1. The first-order valence-electron chi connectivity index (χ1n) is 7.76. The van der Waals surface area contributed by atoms with Crippen LogP contribution in [0.15, 0.2) is 47.4 Å². The van der Waals surface area contributed by atoms with Gasteiger partial charge in [-0.1, -0.05) is 12.1 Å². The molecule has 2 heterocycles. The van der Waals surface area contributed by atoms with Crippen molar-refractivity contribution in [1.29, 1.82) is 0 Å². The van der Waals surface area contributed by atoms with Crippen molar-refractivity contribution in [2.24, 2.45) is 0 Å². The van der Waals surface area contributed by atoms with Gasteiger partial charge in [0.15, 0.2) is 15.5 Å². The van der Waals surface area contributed by atoms with Gasteiger partial charge in [0.05, 0.1) is 28.6 Å². The van der Waals surface area contributed by atoms with Crippen LogP contribution in [0.3, 0.4) is 0 Å². The molecule has 3 rings (SSSR count). The van der Waals surface area contributed by atoms with E-state index in [0.717, 1.165) is 17.0 Å². The van der Waals surface area contributed by atoms with Gasteiger partial charge in [0.1, 0.15) is 0 Å². The normalized spacial score (nSPS) is 12.5. The molecule has 0 saturated carbocycles. The van der Waals surface area contributed by atoms with Gasteiger partial charge < -0.3 is 5.11 Å². The van der Waals surface area contributed by atoms with Crippen LogP contribution >= 0.6 is 11.3 Å². The van der Waals surface area contributed by atoms with Crippen molar-refractivity contribution in [2.75, 3.05) is 12.9 Å². The number of alkyl halides is 3. The van der Waals surface area contributed by atoms with Crippen LogP contribution in [-0.4, -0.2) is 36.2 Å². The van der Waals surface area contributed by atoms with E-state index < -0.39 is 21.7 Å². The van der Waals surface area contributed by atoms with E-state index in [1.54, 1.807) is 24.3 Å². The fourth-order valence-electron chi connectivity index (χ4n) is 2.53. The lowest BCUT2D eigenvalue weighted by atomic mass is 10.2. The largest absolute Gasteiger partial charge is 0.435 e. The maximum absolute atomic E-state index is 13.0. The average Bonchev–Trinajstić information content (AvgIpc) is 3.21. The SMILES string of the molecule is CS(=O)(=O)c1cccc(-c2ccc(-c3cc(C(F)(F)F)nn3CCO)s2)c1. The molecule has 10 heteroatoms. The number of benzene rings is 1. The van der Waals surface area contributed by atoms with Crippen molar-refractivity contribution in [3.05, 3.63) is 48.2 Å². The van der Waals surface area contributed by atoms with E-state index >= 15 is 0 Å². The summed E-state index contributed by atoms with van der Waals surface area (Å²) in [4.78, 5) is 1.41. The Bertz CT molecular complexity index is 1070. The van der Waals surface area contributed by atoms with Crippen molar-refractivity contribution in [3.63, 3.8) is 0 Å². The van der Waals surface area contributed by atoms with Crippen LogP contribution in [0.5, 0.6) is 0 Å². The first-order chi connectivity index (χ1) is 12.6. The van der Waals surface area contributed by atoms with E-state index in [9.17, 15) is 21.6 Å². The molecule has 0 aliphatic rings. The molecule has 144 valence electrons. The molecule has 0 unspecified atom stereocenters. The summed E-state index contributed by atoms with van der Waals surface area (Å²) in [5.41, 5.74) is -0.134. The number of aliphatic hydroxyl groups is 1. The lowest BCUT2D eigenvalue weighted by Crippen LogP contribution is -2.09. The molecule has 0 radical (unpaired) electrons. The molecule has 0 fully saturated rings. The first kappa shape index (κ1) is 19.6. The predicted molar refractivity (Wildman–Crippen MR) is 96.2 cm³/mol. The molecule has 3 aromatic rings. The van der Waals surface area contributed by atoms with Crippen LogP contribution in [-0.2, 0) is 22.6 Å². The van der Waals surface area contributed by atoms with Crippen molar-refractivity contribution in [2.45, 2.75) is 17.6 Å². The fraction of sp³-hybridized carbons (Fsp3) is 0.235. The number of sulfone groups is 1. The minimum Gasteiger partial charge on any atom is -0.394 e. The monoisotopic (exact) mass is 416 g/mol. The molecular formula is C17H15F3N2O3S2. The highest BCUT2D eigenvalue weighted by molar-refractivity contribution is 7.90. The molecule has 1 N–H and O–H groups in total. The zero-order chi connectivity index (χ0) is 19.8. The lowest BCUT2D eigenvalue weighted by molar-refractivity contribution is -0.141. The molecule has 0 bridgehead atoms. The molecule has 27 heavy (non-hydrogen) atoms. The number of thiophene rings is 1. The van der Waals surface area contributed by atoms with Crippen molar-refractivity contribution in [3.8, 4) is 21.0 Å². The van der Waals surface area contributed by atoms with Gasteiger partial charge in [0.25, 0.3) is 0 Å². The maximum atomic E-state index is 13.0. The molecule has 0 spiro atoms. The predicted octanol–water partition coefficient (Wildman–Crippen LogP) is 3.69. The Kier molecular flexibility index (Phi) is 5.15. The zero-order valence-corrected chi connectivity index (χ0v) is 15.7. The minimum atomic E-state index is -4.58. The van der Waals surface area contributed by atoms with E-state index in [1.807, 2.05) is 0 Å². The molecule has 0 amide bonds. The second-order valence-electron chi connectivity index (χ2n) is 5.82. The number of halogens is 3. The summed E-state index contributed by atoms with van der Waals surface area (Å²) in [5, 5.41) is 12.6. The molecular weight excluding hydrogens is 401 g/mol. The summed E-state index contributed by atoms with van der Waals surface area (Å²) in [6.45, 7) is -0.414. The molecule has 0 saturated heterocycles. The van der Waals surface area contributed by atoms with Crippen molar-refractivity contribution in [1.82, 2.24) is 9.78 Å². The van der Waals surface area contributed by atoms with Crippen LogP contribution in [0.25, 0.3) is 21.0 Å². The highest BCUT2D eigenvalue weighted by atomic mass is 32.2. The summed E-state index contributed by atoms with van der Waals surface area (Å²) >= 11 is 1.22. The van der Waals surface area contributed by atoms with Crippen molar-refractivity contribution >= 4 is 21.2 Å². The third-order valence-electron chi connectivity index (χ3n) is 3.79. The molecule has 0 aliphatic heterocycles. The van der Waals surface area contributed by atoms with Gasteiger partial charge in [-0.05, 0) is 35.9 Å². The van der Waals surface area contributed by atoms with Gasteiger partial charge in [-0.25, -0.2) is 8.42 Å². The number of aliphatic hydroxyl groups excluding tert-OH is 1. The number of aromatic nitrogens is 2. The summed E-state index contributed by atoms with van der Waals surface area (Å²) in [6.07, 6.45) is -3.47. The van der Waals surface area contributed by atoms with Crippen molar-refractivity contribution < 1.29 is 26.7 Å². The van der Waals surface area contributed by atoms with Crippen LogP contribution in [0.2, 0.25) is 0 Å². The third-order valence-corrected chi connectivity index (χ3v) is 6.05. The Morgan fingerprint density at radius 1 is 1.15 bits per heavy atom. The smallest absolute Gasteiger partial charge is 0.394 e. The molecule has 2 aromatic heterocycles. The van der Waals surface area contributed by atoms with E-state index in [1.165, 1.54) is 23.5 Å². The van der Waals surface area contributed by atoms with Gasteiger partial charge in [-0.3, -0.25) is 4.68 Å².